The van der Waals surface area contributed by atoms with E-state index in [0.717, 1.165) is 12.8 Å². The van der Waals surface area contributed by atoms with E-state index in [-0.39, 0.29) is 47.8 Å². The molecule has 4 atom stereocenters. The number of carbonyl (C=O) groups excluding carboxylic acids is 3. The number of anilines is 1. The van der Waals surface area contributed by atoms with Crippen LogP contribution in [0.25, 0.3) is 0 Å². The van der Waals surface area contributed by atoms with Gasteiger partial charge < -0.3 is 38.1 Å². The molecule has 240 valence electrons. The van der Waals surface area contributed by atoms with Gasteiger partial charge in [-0.15, -0.1) is 0 Å². The van der Waals surface area contributed by atoms with Crippen LogP contribution in [0.15, 0.2) is 12.1 Å². The number of hydrogen-bond acceptors (Lipinski definition) is 10. The van der Waals surface area contributed by atoms with Crippen LogP contribution in [-0.2, 0) is 28.5 Å². The van der Waals surface area contributed by atoms with Crippen LogP contribution < -0.4 is 14.4 Å². The van der Waals surface area contributed by atoms with Crippen LogP contribution in [0.1, 0.15) is 48.9 Å². The highest BCUT2D eigenvalue weighted by Gasteiger charge is 2.52. The van der Waals surface area contributed by atoms with Gasteiger partial charge in [-0.1, -0.05) is 34.8 Å². The highest BCUT2D eigenvalue weighted by atomic mass is 35.6. The Morgan fingerprint density at radius 2 is 1.81 bits per heavy atom. The lowest BCUT2D eigenvalue weighted by molar-refractivity contribution is -0.198. The standard InChI is InChI=1S/C28H37Cl3N2O10/c1-37-20-13-18-19(14-21(20)38-2)33(27(36)42-16-28(29,30)31)26(43-23-8-4-5-12-41-23)24-17(9-10-32(24)25(18)35)15-40-11-6-7-22(34)39-3/h13-14,17,23-24,26H,4-12,15-16H2,1-3H3/t17-,23?,24-,26?/m0/s1. The Morgan fingerprint density at radius 1 is 1.07 bits per heavy atom. The van der Waals surface area contributed by atoms with Crippen LogP contribution in [-0.4, -0.2) is 99.5 Å². The predicted molar refractivity (Wildman–Crippen MR) is 157 cm³/mol. The second-order valence-corrected chi connectivity index (χ2v) is 12.9. The van der Waals surface area contributed by atoms with Crippen molar-refractivity contribution in [1.82, 2.24) is 4.90 Å². The fraction of sp³-hybridized carbons (Fsp3) is 0.679. The van der Waals surface area contributed by atoms with E-state index in [1.807, 2.05) is 0 Å². The Labute approximate surface area is 265 Å². The van der Waals surface area contributed by atoms with E-state index in [0.29, 0.717) is 44.8 Å². The first-order valence-corrected chi connectivity index (χ1v) is 15.2. The maximum absolute atomic E-state index is 14.1. The van der Waals surface area contributed by atoms with Gasteiger partial charge in [0, 0.05) is 38.2 Å². The molecule has 0 saturated carbocycles. The predicted octanol–water partition coefficient (Wildman–Crippen LogP) is 4.70. The molecule has 3 heterocycles. The molecule has 0 bridgehead atoms. The molecule has 1 aromatic carbocycles. The Morgan fingerprint density at radius 3 is 2.47 bits per heavy atom. The van der Waals surface area contributed by atoms with E-state index in [4.69, 9.17) is 68.0 Å². The van der Waals surface area contributed by atoms with E-state index < -0.39 is 35.1 Å². The number of carbonyl (C=O) groups is 3. The molecule has 12 nitrogen and oxygen atoms in total. The minimum absolute atomic E-state index is 0.184. The first-order chi connectivity index (χ1) is 20.6. The van der Waals surface area contributed by atoms with Gasteiger partial charge in [-0.25, -0.2) is 9.69 Å². The van der Waals surface area contributed by atoms with E-state index in [2.05, 4.69) is 0 Å². The molecule has 2 saturated heterocycles. The summed E-state index contributed by atoms with van der Waals surface area (Å²) in [5.41, 5.74) is 0.369. The zero-order valence-corrected chi connectivity index (χ0v) is 26.6. The van der Waals surface area contributed by atoms with Crippen LogP contribution in [0.2, 0.25) is 0 Å². The minimum Gasteiger partial charge on any atom is -0.493 e. The second-order valence-electron chi connectivity index (χ2n) is 10.4. The van der Waals surface area contributed by atoms with Gasteiger partial charge in [-0.2, -0.15) is 0 Å². The zero-order valence-electron chi connectivity index (χ0n) is 24.4. The van der Waals surface area contributed by atoms with Gasteiger partial charge in [-0.3, -0.25) is 9.59 Å². The number of alkyl halides is 3. The SMILES string of the molecule is COC(=O)CCCOC[C@@H]1CCN2C(=O)c3cc(OC)c(OC)cc3N(C(=O)OCC(Cl)(Cl)Cl)C(OC3CCCCO3)[C@H]12. The van der Waals surface area contributed by atoms with Crippen molar-refractivity contribution in [3.05, 3.63) is 17.7 Å². The molecule has 0 aromatic heterocycles. The van der Waals surface area contributed by atoms with E-state index in [1.165, 1.54) is 38.4 Å². The summed E-state index contributed by atoms with van der Waals surface area (Å²) in [6, 6.07) is 2.41. The summed E-state index contributed by atoms with van der Waals surface area (Å²) < 4.78 is 37.7. The molecule has 2 fully saturated rings. The summed E-state index contributed by atoms with van der Waals surface area (Å²) in [7, 11) is 4.24. The van der Waals surface area contributed by atoms with E-state index >= 15 is 0 Å². The Balaban J connectivity index is 1.74. The smallest absolute Gasteiger partial charge is 0.416 e. The summed E-state index contributed by atoms with van der Waals surface area (Å²) in [4.78, 5) is 42.5. The normalized spacial score (nSPS) is 23.7. The maximum Gasteiger partial charge on any atom is 0.416 e. The Bertz CT molecular complexity index is 1140. The number of benzene rings is 1. The van der Waals surface area contributed by atoms with E-state index in [9.17, 15) is 14.4 Å². The molecule has 0 aliphatic carbocycles. The molecule has 3 aliphatic heterocycles. The molecule has 4 rings (SSSR count). The minimum atomic E-state index is -1.87. The fourth-order valence-electron chi connectivity index (χ4n) is 5.55. The quantitative estimate of drug-likeness (QED) is 0.186. The largest absolute Gasteiger partial charge is 0.493 e. The Hall–Kier alpha value is -2.22. The number of esters is 1. The van der Waals surface area contributed by atoms with Gasteiger partial charge in [0.15, 0.2) is 24.0 Å². The first-order valence-electron chi connectivity index (χ1n) is 14.1. The fourth-order valence-corrected chi connectivity index (χ4v) is 5.72. The lowest BCUT2D eigenvalue weighted by atomic mass is 9.99. The molecule has 3 aliphatic rings. The average Bonchev–Trinajstić information content (AvgIpc) is 3.38. The molecule has 43 heavy (non-hydrogen) atoms. The lowest BCUT2D eigenvalue weighted by Gasteiger charge is -2.40. The first kappa shape index (κ1) is 33.7. The summed E-state index contributed by atoms with van der Waals surface area (Å²) in [6.45, 7) is 0.901. The monoisotopic (exact) mass is 666 g/mol. The van der Waals surface area contributed by atoms with Crippen molar-refractivity contribution >= 4 is 58.5 Å². The molecule has 0 N–H and O–H groups in total. The number of methoxy groups -OCH3 is 3. The number of amides is 2. The lowest BCUT2D eigenvalue weighted by Crippen LogP contribution is -2.56. The van der Waals surface area contributed by atoms with Gasteiger partial charge in [0.05, 0.1) is 45.2 Å². The molecular formula is C28H37Cl3N2O10. The third-order valence-corrected chi connectivity index (χ3v) is 7.92. The van der Waals surface area contributed by atoms with Gasteiger partial charge in [0.25, 0.3) is 5.91 Å². The topological polar surface area (TPSA) is 122 Å². The summed E-state index contributed by atoms with van der Waals surface area (Å²) in [5.74, 6) is -0.298. The highest BCUT2D eigenvalue weighted by molar-refractivity contribution is 6.67. The third kappa shape index (κ3) is 8.29. The average molecular weight is 668 g/mol. The van der Waals surface area contributed by atoms with Crippen LogP contribution >= 0.6 is 34.8 Å². The van der Waals surface area contributed by atoms with Crippen LogP contribution in [0.4, 0.5) is 10.5 Å². The number of fused-ring (bicyclic) bond motifs is 2. The van der Waals surface area contributed by atoms with Crippen molar-refractivity contribution < 1.29 is 47.5 Å². The molecule has 0 radical (unpaired) electrons. The van der Waals surface area contributed by atoms with Crippen LogP contribution in [0.5, 0.6) is 11.5 Å². The number of rotatable bonds is 11. The number of ether oxygens (including phenoxy) is 7. The molecule has 15 heteroatoms. The molecular weight excluding hydrogens is 631 g/mol. The number of nitrogens with zero attached hydrogens (tertiary/aromatic N) is 2. The van der Waals surface area contributed by atoms with Crippen molar-refractivity contribution in [2.24, 2.45) is 5.92 Å². The molecule has 2 unspecified atom stereocenters. The van der Waals surface area contributed by atoms with Crippen molar-refractivity contribution in [3.63, 3.8) is 0 Å². The van der Waals surface area contributed by atoms with Crippen LogP contribution in [0.3, 0.4) is 0 Å². The van der Waals surface area contributed by atoms with Gasteiger partial charge in [0.2, 0.25) is 3.79 Å². The highest BCUT2D eigenvalue weighted by Crippen LogP contribution is 2.44. The van der Waals surface area contributed by atoms with E-state index in [1.54, 1.807) is 4.90 Å². The van der Waals surface area contributed by atoms with Crippen LogP contribution in [0, 0.1) is 5.92 Å². The van der Waals surface area contributed by atoms with Gasteiger partial charge >= 0.3 is 12.1 Å². The molecule has 0 spiro atoms. The zero-order chi connectivity index (χ0) is 31.1. The number of hydrogen-bond donors (Lipinski definition) is 0. The molecule has 2 amide bonds. The van der Waals surface area contributed by atoms with Crippen molar-refractivity contribution in [1.29, 1.82) is 0 Å². The second kappa shape index (κ2) is 15.2. The summed E-state index contributed by atoms with van der Waals surface area (Å²) >= 11 is 17.7. The van der Waals surface area contributed by atoms with Crippen molar-refractivity contribution in [2.75, 3.05) is 59.2 Å². The summed E-state index contributed by atoms with van der Waals surface area (Å²) in [6.07, 6.45) is 1.06. The maximum atomic E-state index is 14.1. The summed E-state index contributed by atoms with van der Waals surface area (Å²) in [5, 5.41) is 0. The van der Waals surface area contributed by atoms with Crippen molar-refractivity contribution in [2.45, 2.75) is 60.9 Å². The number of halogens is 3. The Kier molecular flexibility index (Phi) is 11.9. The third-order valence-electron chi connectivity index (χ3n) is 7.60. The van der Waals surface area contributed by atoms with Gasteiger partial charge in [0.1, 0.15) is 6.61 Å². The molecule has 1 aromatic rings. The van der Waals surface area contributed by atoms with Gasteiger partial charge in [-0.05, 0) is 38.2 Å². The van der Waals surface area contributed by atoms with Crippen molar-refractivity contribution in [3.8, 4) is 11.5 Å².